The van der Waals surface area contributed by atoms with Gasteiger partial charge < -0.3 is 15.5 Å². The minimum atomic E-state index is -0.152. The first-order valence-corrected chi connectivity index (χ1v) is 9.61. The molecule has 0 amide bonds. The molecule has 1 unspecified atom stereocenters. The van der Waals surface area contributed by atoms with E-state index in [-0.39, 0.29) is 5.82 Å². The smallest absolute Gasteiger partial charge is 0.191 e. The van der Waals surface area contributed by atoms with Gasteiger partial charge in [0.05, 0.1) is 0 Å². The van der Waals surface area contributed by atoms with Gasteiger partial charge in [0.2, 0.25) is 0 Å². The van der Waals surface area contributed by atoms with E-state index in [4.69, 9.17) is 0 Å². The minimum absolute atomic E-state index is 0.152. The second-order valence-corrected chi connectivity index (χ2v) is 6.32. The molecule has 0 radical (unpaired) electrons. The molecule has 0 heterocycles. The topological polar surface area (TPSA) is 39.7 Å². The van der Waals surface area contributed by atoms with Crippen molar-refractivity contribution in [1.29, 1.82) is 0 Å². The van der Waals surface area contributed by atoms with Crippen LogP contribution in [0.25, 0.3) is 0 Å². The third-order valence-electron chi connectivity index (χ3n) is 4.34. The van der Waals surface area contributed by atoms with Gasteiger partial charge in [-0.25, -0.2) is 4.39 Å². The fourth-order valence-electron chi connectivity index (χ4n) is 2.78. The summed E-state index contributed by atoms with van der Waals surface area (Å²) in [6.07, 6.45) is 2.89. The molecule has 0 aliphatic carbocycles. The highest BCUT2D eigenvalue weighted by molar-refractivity contribution is 5.80. The monoisotopic (exact) mass is 350 g/mol. The van der Waals surface area contributed by atoms with Crippen LogP contribution >= 0.6 is 0 Å². The van der Waals surface area contributed by atoms with Crippen LogP contribution in [0.15, 0.2) is 29.3 Å². The number of guanidine groups is 1. The molecule has 0 aromatic heterocycles. The van der Waals surface area contributed by atoms with Crippen LogP contribution < -0.4 is 10.6 Å². The van der Waals surface area contributed by atoms with Gasteiger partial charge in [-0.15, -0.1) is 0 Å². The first kappa shape index (κ1) is 21.4. The largest absolute Gasteiger partial charge is 0.357 e. The minimum Gasteiger partial charge on any atom is -0.357 e. The van der Waals surface area contributed by atoms with E-state index in [1.165, 1.54) is 12.5 Å². The lowest BCUT2D eigenvalue weighted by atomic mass is 10.1. The van der Waals surface area contributed by atoms with Crippen LogP contribution in [0, 0.1) is 5.82 Å². The predicted octanol–water partition coefficient (Wildman–Crippen LogP) is 3.43. The second kappa shape index (κ2) is 12.7. The van der Waals surface area contributed by atoms with Crippen LogP contribution in [0.1, 0.15) is 46.1 Å². The maximum absolute atomic E-state index is 13.7. The quantitative estimate of drug-likeness (QED) is 0.474. The normalized spacial score (nSPS) is 13.1. The van der Waals surface area contributed by atoms with E-state index in [0.29, 0.717) is 19.0 Å². The lowest BCUT2D eigenvalue weighted by Crippen LogP contribution is -2.42. The summed E-state index contributed by atoms with van der Waals surface area (Å²) in [5, 5.41) is 6.73. The summed E-state index contributed by atoms with van der Waals surface area (Å²) in [7, 11) is 0. The molecule has 2 N–H and O–H groups in total. The molecule has 4 nitrogen and oxygen atoms in total. The highest BCUT2D eigenvalue weighted by atomic mass is 19.1. The van der Waals surface area contributed by atoms with Crippen LogP contribution in [-0.4, -0.2) is 49.6 Å². The number of aliphatic imine (C=N–C) groups is 1. The van der Waals surface area contributed by atoms with Gasteiger partial charge in [0.1, 0.15) is 5.82 Å². The Hall–Kier alpha value is -1.62. The molecule has 0 saturated heterocycles. The summed E-state index contributed by atoms with van der Waals surface area (Å²) in [6.45, 7) is 13.4. The zero-order chi connectivity index (χ0) is 18.5. The average Bonchev–Trinajstić information content (AvgIpc) is 2.60. The molecule has 1 atom stereocenters. The Morgan fingerprint density at radius 3 is 2.56 bits per heavy atom. The van der Waals surface area contributed by atoms with Crippen LogP contribution in [0.3, 0.4) is 0 Å². The Morgan fingerprint density at radius 2 is 1.92 bits per heavy atom. The Bertz CT molecular complexity index is 500. The molecular weight excluding hydrogens is 315 g/mol. The van der Waals surface area contributed by atoms with Crippen LogP contribution in [0.2, 0.25) is 0 Å². The zero-order valence-corrected chi connectivity index (χ0v) is 16.3. The van der Waals surface area contributed by atoms with Gasteiger partial charge in [0.25, 0.3) is 0 Å². The van der Waals surface area contributed by atoms with Gasteiger partial charge in [-0.2, -0.15) is 0 Å². The number of nitrogens with zero attached hydrogens (tertiary/aromatic N) is 2. The summed E-state index contributed by atoms with van der Waals surface area (Å²) in [5.41, 5.74) is 0.717. The van der Waals surface area contributed by atoms with Crippen LogP contribution in [0.5, 0.6) is 0 Å². The second-order valence-electron chi connectivity index (χ2n) is 6.32. The fourth-order valence-corrected chi connectivity index (χ4v) is 2.78. The maximum Gasteiger partial charge on any atom is 0.191 e. The molecule has 1 rings (SSSR count). The number of halogens is 1. The maximum atomic E-state index is 13.7. The molecule has 0 spiro atoms. The molecule has 0 aliphatic heterocycles. The molecule has 0 saturated carbocycles. The molecule has 1 aromatic carbocycles. The third-order valence-corrected chi connectivity index (χ3v) is 4.34. The Balaban J connectivity index is 2.42. The lowest BCUT2D eigenvalue weighted by molar-refractivity contribution is 0.292. The SMILES string of the molecule is CCNC(=NCCc1ccccc1F)NC(C)CCCN(CC)CC. The van der Waals surface area contributed by atoms with E-state index in [1.54, 1.807) is 6.07 Å². The predicted molar refractivity (Wildman–Crippen MR) is 106 cm³/mol. The third kappa shape index (κ3) is 8.87. The van der Waals surface area contributed by atoms with Crippen LogP contribution in [-0.2, 0) is 6.42 Å². The highest BCUT2D eigenvalue weighted by Crippen LogP contribution is 2.07. The van der Waals surface area contributed by atoms with Crippen molar-refractivity contribution in [2.24, 2.45) is 4.99 Å². The summed E-state index contributed by atoms with van der Waals surface area (Å²) in [4.78, 5) is 7.03. The van der Waals surface area contributed by atoms with E-state index in [9.17, 15) is 4.39 Å². The van der Waals surface area contributed by atoms with E-state index in [1.807, 2.05) is 12.1 Å². The highest BCUT2D eigenvalue weighted by Gasteiger charge is 2.07. The number of nitrogens with one attached hydrogen (secondary N) is 2. The molecule has 25 heavy (non-hydrogen) atoms. The van der Waals surface area contributed by atoms with Crippen molar-refractivity contribution in [1.82, 2.24) is 15.5 Å². The van der Waals surface area contributed by atoms with Crippen molar-refractivity contribution in [3.05, 3.63) is 35.6 Å². The van der Waals surface area contributed by atoms with Crippen molar-refractivity contribution in [3.63, 3.8) is 0 Å². The van der Waals surface area contributed by atoms with Crippen molar-refractivity contribution in [3.8, 4) is 0 Å². The van der Waals surface area contributed by atoms with E-state index in [0.717, 1.165) is 44.1 Å². The van der Waals surface area contributed by atoms with Gasteiger partial charge in [0.15, 0.2) is 5.96 Å². The van der Waals surface area contributed by atoms with Crippen molar-refractivity contribution in [2.75, 3.05) is 32.7 Å². The van der Waals surface area contributed by atoms with Crippen molar-refractivity contribution >= 4 is 5.96 Å². The standard InChI is InChI=1S/C20H35FN4/c1-5-22-20(23-15-14-18-12-8-9-13-19(18)21)24-17(4)11-10-16-25(6-2)7-3/h8-9,12-13,17H,5-7,10-11,14-16H2,1-4H3,(H2,22,23,24). The van der Waals surface area contributed by atoms with Gasteiger partial charge in [-0.3, -0.25) is 4.99 Å². The van der Waals surface area contributed by atoms with E-state index >= 15 is 0 Å². The van der Waals surface area contributed by atoms with Crippen LogP contribution in [0.4, 0.5) is 4.39 Å². The van der Waals surface area contributed by atoms with Gasteiger partial charge >= 0.3 is 0 Å². The van der Waals surface area contributed by atoms with E-state index in [2.05, 4.69) is 48.2 Å². The van der Waals surface area contributed by atoms with Crippen molar-refractivity contribution in [2.45, 2.75) is 53.0 Å². The summed E-state index contributed by atoms with van der Waals surface area (Å²) < 4.78 is 13.7. The van der Waals surface area contributed by atoms with Gasteiger partial charge in [-0.05, 0) is 64.4 Å². The Kier molecular flexibility index (Phi) is 10.9. The van der Waals surface area contributed by atoms with Crippen molar-refractivity contribution < 1.29 is 4.39 Å². The zero-order valence-electron chi connectivity index (χ0n) is 16.3. The molecule has 0 fully saturated rings. The number of rotatable bonds is 11. The van der Waals surface area contributed by atoms with Gasteiger partial charge in [0, 0.05) is 19.1 Å². The Labute approximate surface area is 152 Å². The molecule has 1 aromatic rings. The number of hydrogen-bond donors (Lipinski definition) is 2. The lowest BCUT2D eigenvalue weighted by Gasteiger charge is -2.21. The first-order chi connectivity index (χ1) is 12.1. The summed E-state index contributed by atoms with van der Waals surface area (Å²) in [5.74, 6) is 0.662. The summed E-state index contributed by atoms with van der Waals surface area (Å²) >= 11 is 0. The Morgan fingerprint density at radius 1 is 1.20 bits per heavy atom. The molecule has 142 valence electrons. The number of hydrogen-bond acceptors (Lipinski definition) is 2. The average molecular weight is 351 g/mol. The van der Waals surface area contributed by atoms with Gasteiger partial charge in [-0.1, -0.05) is 32.0 Å². The fraction of sp³-hybridized carbons (Fsp3) is 0.650. The molecular formula is C20H35FN4. The molecule has 0 aliphatic rings. The number of benzene rings is 1. The van der Waals surface area contributed by atoms with E-state index < -0.39 is 0 Å². The first-order valence-electron chi connectivity index (χ1n) is 9.61. The molecule has 0 bridgehead atoms. The molecule has 5 heteroatoms. The summed E-state index contributed by atoms with van der Waals surface area (Å²) in [6, 6.07) is 7.26.